The zero-order valence-electron chi connectivity index (χ0n) is 22.7. The highest BCUT2D eigenvalue weighted by Gasteiger charge is 2.31. The average Bonchev–Trinajstić information content (AvgIpc) is 2.96. The topological polar surface area (TPSA) is 49.4 Å². The molecule has 4 rings (SSSR count). The van der Waals surface area contributed by atoms with Gasteiger partial charge in [-0.2, -0.15) is 0 Å². The predicted octanol–water partition coefficient (Wildman–Crippen LogP) is 7.58. The van der Waals surface area contributed by atoms with Crippen LogP contribution in [-0.2, 0) is 35.4 Å². The Bertz CT molecular complexity index is 1220. The number of hydrogen-bond donors (Lipinski definition) is 1. The number of benzene rings is 3. The van der Waals surface area contributed by atoms with E-state index in [9.17, 15) is 9.59 Å². The quantitative estimate of drug-likeness (QED) is 0.261. The Morgan fingerprint density at radius 1 is 0.846 bits per heavy atom. The molecule has 3 aromatic rings. The fourth-order valence-electron chi connectivity index (χ4n) is 5.27. The number of nitrogens with zero attached hydrogens (tertiary/aromatic N) is 1. The Morgan fingerprint density at radius 3 is 2.18 bits per heavy atom. The van der Waals surface area contributed by atoms with Crippen molar-refractivity contribution in [3.05, 3.63) is 105 Å². The average molecular weight is 566 g/mol. The monoisotopic (exact) mass is 564 g/mol. The van der Waals surface area contributed by atoms with Crippen molar-refractivity contribution in [2.24, 2.45) is 0 Å². The van der Waals surface area contributed by atoms with Crippen molar-refractivity contribution in [1.82, 2.24) is 10.2 Å². The number of amides is 2. The summed E-state index contributed by atoms with van der Waals surface area (Å²) in [6, 6.07) is 23.2. The molecular weight excluding hydrogens is 527 g/mol. The molecule has 1 atom stereocenters. The van der Waals surface area contributed by atoms with Crippen molar-refractivity contribution >= 4 is 35.0 Å². The van der Waals surface area contributed by atoms with Crippen LogP contribution in [0.2, 0.25) is 10.0 Å². The van der Waals surface area contributed by atoms with Crippen LogP contribution in [-0.4, -0.2) is 28.8 Å². The summed E-state index contributed by atoms with van der Waals surface area (Å²) in [4.78, 5) is 29.5. The molecule has 1 aliphatic rings. The highest BCUT2D eigenvalue weighted by atomic mass is 35.5. The fraction of sp³-hybridized carbons (Fsp3) is 0.394. The summed E-state index contributed by atoms with van der Waals surface area (Å²) >= 11 is 12.5. The minimum Gasteiger partial charge on any atom is -0.352 e. The van der Waals surface area contributed by atoms with E-state index >= 15 is 0 Å². The van der Waals surface area contributed by atoms with E-state index in [2.05, 4.69) is 36.5 Å². The molecule has 3 aromatic carbocycles. The summed E-state index contributed by atoms with van der Waals surface area (Å²) < 4.78 is 0. The summed E-state index contributed by atoms with van der Waals surface area (Å²) in [6.45, 7) is 2.41. The first-order chi connectivity index (χ1) is 18.9. The molecule has 6 heteroatoms. The van der Waals surface area contributed by atoms with Crippen molar-refractivity contribution in [2.45, 2.75) is 83.3 Å². The number of halogens is 2. The number of carbonyl (C=O) groups is 2. The highest BCUT2D eigenvalue weighted by Crippen LogP contribution is 2.25. The van der Waals surface area contributed by atoms with Gasteiger partial charge in [-0.3, -0.25) is 9.59 Å². The number of hydrogen-bond acceptors (Lipinski definition) is 2. The standard InChI is InChI=1S/C33H38Cl2N2O2/c1-2-24-13-15-25(16-14-24)18-20-32(38)37(23-27-17-19-29(34)30(35)21-27)31(22-26-9-5-3-6-10-26)33(39)36-28-11-7-4-8-12-28/h3,5-6,9-10,13-17,19,21,28,31H,2,4,7-8,11-12,18,20,22-23H2,1H3,(H,36,39)/t31-/m1/s1. The van der Waals surface area contributed by atoms with Gasteiger partial charge >= 0.3 is 0 Å². The first-order valence-electron chi connectivity index (χ1n) is 14.1. The second-order valence-electron chi connectivity index (χ2n) is 10.5. The van der Waals surface area contributed by atoms with E-state index in [0.717, 1.165) is 48.8 Å². The molecule has 39 heavy (non-hydrogen) atoms. The van der Waals surface area contributed by atoms with Gasteiger partial charge in [0.15, 0.2) is 0 Å². The van der Waals surface area contributed by atoms with Crippen molar-refractivity contribution < 1.29 is 9.59 Å². The molecule has 0 radical (unpaired) electrons. The number of rotatable bonds is 11. The fourth-order valence-corrected chi connectivity index (χ4v) is 5.59. The largest absolute Gasteiger partial charge is 0.352 e. The minimum atomic E-state index is -0.640. The highest BCUT2D eigenvalue weighted by molar-refractivity contribution is 6.42. The number of aryl methyl sites for hydroxylation is 2. The van der Waals surface area contributed by atoms with E-state index in [1.165, 1.54) is 12.0 Å². The molecule has 0 bridgehead atoms. The maximum atomic E-state index is 13.9. The van der Waals surface area contributed by atoms with E-state index in [1.807, 2.05) is 36.4 Å². The molecule has 0 heterocycles. The van der Waals surface area contributed by atoms with Crippen LogP contribution in [0, 0.1) is 0 Å². The SMILES string of the molecule is CCc1ccc(CCC(=O)N(Cc2ccc(Cl)c(Cl)c2)[C@H](Cc2ccccc2)C(=O)NC2CCCCC2)cc1. The van der Waals surface area contributed by atoms with Crippen LogP contribution in [0.25, 0.3) is 0 Å². The maximum Gasteiger partial charge on any atom is 0.243 e. The summed E-state index contributed by atoms with van der Waals surface area (Å²) in [5.41, 5.74) is 4.24. The van der Waals surface area contributed by atoms with Gasteiger partial charge in [-0.05, 0) is 60.1 Å². The van der Waals surface area contributed by atoms with Crippen molar-refractivity contribution in [2.75, 3.05) is 0 Å². The van der Waals surface area contributed by atoms with E-state index in [0.29, 0.717) is 29.3 Å². The lowest BCUT2D eigenvalue weighted by Gasteiger charge is -2.33. The smallest absolute Gasteiger partial charge is 0.243 e. The molecular formula is C33H38Cl2N2O2. The van der Waals surface area contributed by atoms with E-state index < -0.39 is 6.04 Å². The summed E-state index contributed by atoms with van der Waals surface area (Å²) in [6.07, 6.45) is 7.77. The maximum absolute atomic E-state index is 13.9. The Labute approximate surface area is 242 Å². The van der Waals surface area contributed by atoms with E-state index in [-0.39, 0.29) is 24.4 Å². The molecule has 1 N–H and O–H groups in total. The Balaban J connectivity index is 1.61. The van der Waals surface area contributed by atoms with Gasteiger partial charge in [0.2, 0.25) is 11.8 Å². The molecule has 0 aliphatic heterocycles. The molecule has 206 valence electrons. The van der Waals surface area contributed by atoms with Gasteiger partial charge in [0.1, 0.15) is 6.04 Å². The van der Waals surface area contributed by atoms with Gasteiger partial charge in [-0.25, -0.2) is 0 Å². The summed E-state index contributed by atoms with van der Waals surface area (Å²) in [7, 11) is 0. The van der Waals surface area contributed by atoms with Gasteiger partial charge in [-0.15, -0.1) is 0 Å². The van der Waals surface area contributed by atoms with Crippen molar-refractivity contribution in [3.8, 4) is 0 Å². The second kappa shape index (κ2) is 14.5. The Morgan fingerprint density at radius 2 is 1.51 bits per heavy atom. The molecule has 0 unspecified atom stereocenters. The molecule has 0 aromatic heterocycles. The lowest BCUT2D eigenvalue weighted by molar-refractivity contribution is -0.141. The predicted molar refractivity (Wildman–Crippen MR) is 160 cm³/mol. The molecule has 1 saturated carbocycles. The molecule has 0 saturated heterocycles. The van der Waals surface area contributed by atoms with Crippen molar-refractivity contribution in [1.29, 1.82) is 0 Å². The van der Waals surface area contributed by atoms with Gasteiger partial charge < -0.3 is 10.2 Å². The first-order valence-corrected chi connectivity index (χ1v) is 14.8. The minimum absolute atomic E-state index is 0.0552. The van der Waals surface area contributed by atoms with E-state index in [4.69, 9.17) is 23.2 Å². The third-order valence-electron chi connectivity index (χ3n) is 7.62. The Hall–Kier alpha value is -2.82. The van der Waals surface area contributed by atoms with Crippen LogP contribution in [0.5, 0.6) is 0 Å². The lowest BCUT2D eigenvalue weighted by atomic mass is 9.94. The normalized spacial score (nSPS) is 14.5. The zero-order valence-corrected chi connectivity index (χ0v) is 24.2. The van der Waals surface area contributed by atoms with Crippen LogP contribution in [0.1, 0.15) is 67.7 Å². The molecule has 4 nitrogen and oxygen atoms in total. The number of nitrogens with one attached hydrogen (secondary N) is 1. The second-order valence-corrected chi connectivity index (χ2v) is 11.3. The lowest BCUT2D eigenvalue weighted by Crippen LogP contribution is -2.52. The van der Waals surface area contributed by atoms with Crippen LogP contribution in [0.4, 0.5) is 0 Å². The van der Waals surface area contributed by atoms with Crippen molar-refractivity contribution in [3.63, 3.8) is 0 Å². The van der Waals surface area contributed by atoms with Gasteiger partial charge in [0, 0.05) is 25.4 Å². The molecule has 0 spiro atoms. The zero-order chi connectivity index (χ0) is 27.6. The van der Waals surface area contributed by atoms with Crippen LogP contribution < -0.4 is 5.32 Å². The van der Waals surface area contributed by atoms with Gasteiger partial charge in [-0.1, -0.05) is 110 Å². The van der Waals surface area contributed by atoms with Gasteiger partial charge in [0.25, 0.3) is 0 Å². The molecule has 1 fully saturated rings. The van der Waals surface area contributed by atoms with E-state index in [1.54, 1.807) is 17.0 Å². The van der Waals surface area contributed by atoms with Crippen LogP contribution in [0.3, 0.4) is 0 Å². The summed E-state index contributed by atoms with van der Waals surface area (Å²) in [5.74, 6) is -0.146. The summed E-state index contributed by atoms with van der Waals surface area (Å²) in [5, 5.41) is 4.18. The van der Waals surface area contributed by atoms with Gasteiger partial charge in [0.05, 0.1) is 10.0 Å². The molecule has 2 amide bonds. The van der Waals surface area contributed by atoms with Crippen LogP contribution in [0.15, 0.2) is 72.8 Å². The Kier molecular flexibility index (Phi) is 10.9. The third-order valence-corrected chi connectivity index (χ3v) is 8.36. The third kappa shape index (κ3) is 8.58. The number of carbonyl (C=O) groups excluding carboxylic acids is 2. The molecule has 1 aliphatic carbocycles. The first kappa shape index (κ1) is 29.2. The van der Waals surface area contributed by atoms with Crippen LogP contribution >= 0.6 is 23.2 Å².